The summed E-state index contributed by atoms with van der Waals surface area (Å²) in [5.41, 5.74) is 0. The summed E-state index contributed by atoms with van der Waals surface area (Å²) in [6, 6.07) is 3.51. The van der Waals surface area contributed by atoms with Crippen LogP contribution >= 0.6 is 22.9 Å². The van der Waals surface area contributed by atoms with E-state index in [1.165, 1.54) is 11.3 Å². The predicted octanol–water partition coefficient (Wildman–Crippen LogP) is 3.86. The van der Waals surface area contributed by atoms with Gasteiger partial charge in [0.2, 0.25) is 0 Å². The van der Waals surface area contributed by atoms with E-state index in [0.29, 0.717) is 4.34 Å². The Bertz CT molecular complexity index is 449. The second kappa shape index (κ2) is 7.55. The van der Waals surface area contributed by atoms with Crippen molar-refractivity contribution in [3.63, 3.8) is 0 Å². The fourth-order valence-electron chi connectivity index (χ4n) is 2.56. The van der Waals surface area contributed by atoms with Gasteiger partial charge in [-0.2, -0.15) is 0 Å². The number of hydrogen-bond acceptors (Lipinski definition) is 4. The van der Waals surface area contributed by atoms with Gasteiger partial charge >= 0.3 is 0 Å². The molecule has 0 spiro atoms. The Balaban J connectivity index is 1.94. The van der Waals surface area contributed by atoms with Gasteiger partial charge in [-0.1, -0.05) is 18.5 Å². The number of carbonyl (C=O) groups excluding carboxylic acids is 1. The predicted molar refractivity (Wildman–Crippen MR) is 84.0 cm³/mol. The van der Waals surface area contributed by atoms with Crippen LogP contribution in [-0.4, -0.2) is 42.5 Å². The second-order valence-corrected chi connectivity index (χ2v) is 6.99. The van der Waals surface area contributed by atoms with Crippen molar-refractivity contribution in [2.45, 2.75) is 45.3 Å². The first-order valence-corrected chi connectivity index (χ1v) is 8.46. The van der Waals surface area contributed by atoms with Crippen LogP contribution < -0.4 is 0 Å². The average molecular weight is 316 g/mol. The molecule has 2 heterocycles. The third kappa shape index (κ3) is 4.04. The van der Waals surface area contributed by atoms with Gasteiger partial charge in [0, 0.05) is 13.2 Å². The zero-order valence-corrected chi connectivity index (χ0v) is 13.7. The van der Waals surface area contributed by atoms with Crippen molar-refractivity contribution in [1.82, 2.24) is 4.90 Å². The van der Waals surface area contributed by atoms with Crippen molar-refractivity contribution in [1.29, 1.82) is 0 Å². The Morgan fingerprint density at radius 2 is 2.40 bits per heavy atom. The largest absolute Gasteiger partial charge is 0.377 e. The fraction of sp³-hybridized carbons (Fsp3) is 0.667. The molecule has 1 aromatic rings. The molecule has 1 aliphatic heterocycles. The molecule has 1 aliphatic rings. The van der Waals surface area contributed by atoms with Crippen LogP contribution in [0.1, 0.15) is 42.8 Å². The molecule has 2 atom stereocenters. The van der Waals surface area contributed by atoms with Crippen LogP contribution in [-0.2, 0) is 4.74 Å². The van der Waals surface area contributed by atoms with Crippen molar-refractivity contribution in [2.24, 2.45) is 0 Å². The van der Waals surface area contributed by atoms with Gasteiger partial charge in [0.05, 0.1) is 21.4 Å². The fourth-order valence-corrected chi connectivity index (χ4v) is 3.62. The van der Waals surface area contributed by atoms with E-state index in [9.17, 15) is 4.79 Å². The number of hydrogen-bond donors (Lipinski definition) is 0. The van der Waals surface area contributed by atoms with Gasteiger partial charge < -0.3 is 4.74 Å². The van der Waals surface area contributed by atoms with Crippen LogP contribution in [0.3, 0.4) is 0 Å². The van der Waals surface area contributed by atoms with Gasteiger partial charge in [-0.25, -0.2) is 0 Å². The average Bonchev–Trinajstić information content (AvgIpc) is 2.90. The van der Waals surface area contributed by atoms with Gasteiger partial charge in [-0.05, 0) is 44.9 Å². The standard InChI is InChI=1S/C15H22ClNO2S/c1-3-9-19-12-5-4-8-17(10-12)11(2)15(18)13-6-7-14(16)20-13/h6-7,11-12H,3-5,8-10H2,1-2H3. The molecule has 5 heteroatoms. The molecule has 0 radical (unpaired) electrons. The van der Waals surface area contributed by atoms with Crippen LogP contribution in [0.4, 0.5) is 0 Å². The molecule has 0 aliphatic carbocycles. The summed E-state index contributed by atoms with van der Waals surface area (Å²) in [6.45, 7) is 6.73. The first kappa shape index (κ1) is 16.0. The highest BCUT2D eigenvalue weighted by Gasteiger charge is 2.28. The molecule has 0 amide bonds. The molecule has 20 heavy (non-hydrogen) atoms. The summed E-state index contributed by atoms with van der Waals surface area (Å²) in [6.07, 6.45) is 3.50. The van der Waals surface area contributed by atoms with E-state index in [4.69, 9.17) is 16.3 Å². The first-order chi connectivity index (χ1) is 9.61. The quantitative estimate of drug-likeness (QED) is 0.746. The van der Waals surface area contributed by atoms with Gasteiger partial charge in [0.1, 0.15) is 0 Å². The van der Waals surface area contributed by atoms with E-state index in [1.807, 2.05) is 13.0 Å². The lowest BCUT2D eigenvalue weighted by Crippen LogP contribution is -2.47. The number of nitrogens with zero attached hydrogens (tertiary/aromatic N) is 1. The minimum absolute atomic E-state index is 0.0993. The number of ketones is 1. The lowest BCUT2D eigenvalue weighted by Gasteiger charge is -2.35. The van der Waals surface area contributed by atoms with E-state index in [2.05, 4.69) is 11.8 Å². The topological polar surface area (TPSA) is 29.5 Å². The monoisotopic (exact) mass is 315 g/mol. The van der Waals surface area contributed by atoms with E-state index in [1.54, 1.807) is 6.07 Å². The van der Waals surface area contributed by atoms with Crippen LogP contribution in [0.25, 0.3) is 0 Å². The Morgan fingerprint density at radius 3 is 3.05 bits per heavy atom. The summed E-state index contributed by atoms with van der Waals surface area (Å²) in [4.78, 5) is 15.4. The van der Waals surface area contributed by atoms with Crippen LogP contribution in [0.5, 0.6) is 0 Å². The van der Waals surface area contributed by atoms with Gasteiger partial charge in [-0.3, -0.25) is 9.69 Å². The van der Waals surface area contributed by atoms with E-state index < -0.39 is 0 Å². The third-order valence-electron chi connectivity index (χ3n) is 3.71. The maximum atomic E-state index is 12.4. The Hall–Kier alpha value is -0.420. The highest BCUT2D eigenvalue weighted by Crippen LogP contribution is 2.25. The van der Waals surface area contributed by atoms with Crippen molar-refractivity contribution in [3.8, 4) is 0 Å². The summed E-state index contributed by atoms with van der Waals surface area (Å²) in [7, 11) is 0. The molecule has 0 bridgehead atoms. The molecular weight excluding hydrogens is 294 g/mol. The Morgan fingerprint density at radius 1 is 1.60 bits per heavy atom. The summed E-state index contributed by atoms with van der Waals surface area (Å²) in [5.74, 6) is 0.165. The second-order valence-electron chi connectivity index (χ2n) is 5.27. The zero-order valence-electron chi connectivity index (χ0n) is 12.1. The lowest BCUT2D eigenvalue weighted by molar-refractivity contribution is -0.00805. The molecule has 112 valence electrons. The molecule has 0 aromatic carbocycles. The number of ether oxygens (including phenoxy) is 1. The molecule has 1 saturated heterocycles. The number of rotatable bonds is 6. The van der Waals surface area contributed by atoms with E-state index in [0.717, 1.165) is 43.8 Å². The SMILES string of the molecule is CCCOC1CCCN(C(C)C(=O)c2ccc(Cl)s2)C1. The van der Waals surface area contributed by atoms with Crippen molar-refractivity contribution in [2.75, 3.05) is 19.7 Å². The maximum Gasteiger partial charge on any atom is 0.189 e. The lowest BCUT2D eigenvalue weighted by atomic mass is 10.0. The van der Waals surface area contributed by atoms with Gasteiger partial charge in [0.25, 0.3) is 0 Å². The van der Waals surface area contributed by atoms with Crippen LogP contribution in [0.2, 0.25) is 4.34 Å². The van der Waals surface area contributed by atoms with Crippen LogP contribution in [0.15, 0.2) is 12.1 Å². The molecule has 0 saturated carbocycles. The minimum Gasteiger partial charge on any atom is -0.377 e. The molecule has 2 rings (SSSR count). The molecule has 1 fully saturated rings. The normalized spacial score (nSPS) is 21.9. The number of Topliss-reactive ketones (excluding diaryl/α,β-unsaturated/α-hetero) is 1. The summed E-state index contributed by atoms with van der Waals surface area (Å²) < 4.78 is 6.50. The first-order valence-electron chi connectivity index (χ1n) is 7.27. The van der Waals surface area contributed by atoms with E-state index in [-0.39, 0.29) is 17.9 Å². The zero-order chi connectivity index (χ0) is 14.5. The number of halogens is 1. The Kier molecular flexibility index (Phi) is 6.02. The van der Waals surface area contributed by atoms with Crippen molar-refractivity contribution < 1.29 is 9.53 Å². The molecule has 2 unspecified atom stereocenters. The highest BCUT2D eigenvalue weighted by atomic mass is 35.5. The van der Waals surface area contributed by atoms with Crippen molar-refractivity contribution in [3.05, 3.63) is 21.3 Å². The van der Waals surface area contributed by atoms with Crippen LogP contribution in [0, 0.1) is 0 Å². The summed E-state index contributed by atoms with van der Waals surface area (Å²) in [5, 5.41) is 0. The third-order valence-corrected chi connectivity index (χ3v) is 4.96. The van der Waals surface area contributed by atoms with Gasteiger partial charge in [-0.15, -0.1) is 11.3 Å². The molecule has 3 nitrogen and oxygen atoms in total. The van der Waals surface area contributed by atoms with Gasteiger partial charge in [0.15, 0.2) is 5.78 Å². The van der Waals surface area contributed by atoms with Crippen molar-refractivity contribution >= 4 is 28.7 Å². The number of carbonyl (C=O) groups is 1. The minimum atomic E-state index is -0.0993. The smallest absolute Gasteiger partial charge is 0.189 e. The molecular formula is C15H22ClNO2S. The van der Waals surface area contributed by atoms with E-state index >= 15 is 0 Å². The highest BCUT2D eigenvalue weighted by molar-refractivity contribution is 7.18. The molecule has 1 aromatic heterocycles. The molecule has 0 N–H and O–H groups in total. The Labute approximate surface area is 129 Å². The summed E-state index contributed by atoms with van der Waals surface area (Å²) >= 11 is 7.27. The number of thiophene rings is 1. The number of likely N-dealkylation sites (tertiary alicyclic amines) is 1. The number of piperidine rings is 1. The maximum absolute atomic E-state index is 12.4.